The van der Waals surface area contributed by atoms with E-state index >= 15 is 0 Å². The highest BCUT2D eigenvalue weighted by Gasteiger charge is 3.55. The van der Waals surface area contributed by atoms with Gasteiger partial charge in [-0.1, -0.05) is 0 Å². The Hall–Kier alpha value is -0.840. The fraction of sp³-hybridized carbons (Fsp3) is 1.00. The molecular weight excluding hydrogens is 324 g/mol. The van der Waals surface area contributed by atoms with Crippen molar-refractivity contribution < 1.29 is 52.7 Å². The van der Waals surface area contributed by atoms with Crippen LogP contribution in [0.1, 0.15) is 0 Å². The average molecular weight is 324 g/mol. The van der Waals surface area contributed by atoms with E-state index in [9.17, 15) is 52.7 Å². The van der Waals surface area contributed by atoms with Gasteiger partial charge in [-0.2, -0.15) is 52.7 Å². The Morgan fingerprint density at radius 1 is 0.300 bits per heavy atom. The van der Waals surface area contributed by atoms with Gasteiger partial charge < -0.3 is 0 Å². The SMILES string of the molecule is FC(F)(F)C12C3(C(F)(F)F)C1(C(F)(F)F)C23C(F)(F)F. The smallest absolute Gasteiger partial charge is 0.170 e. The minimum absolute atomic E-state index is 4.80. The minimum atomic E-state index is -6.24. The van der Waals surface area contributed by atoms with Crippen molar-refractivity contribution >= 4 is 0 Å². The highest BCUT2D eigenvalue weighted by Crippen LogP contribution is 3.39. The van der Waals surface area contributed by atoms with Gasteiger partial charge in [0.25, 0.3) is 0 Å². The van der Waals surface area contributed by atoms with Crippen LogP contribution in [-0.4, -0.2) is 24.7 Å². The van der Waals surface area contributed by atoms with Gasteiger partial charge in [0, 0.05) is 0 Å². The van der Waals surface area contributed by atoms with Crippen LogP contribution in [0.4, 0.5) is 52.7 Å². The fourth-order valence-corrected chi connectivity index (χ4v) is 4.61. The lowest BCUT2D eigenvalue weighted by Gasteiger charge is -2.05. The molecule has 0 aromatic carbocycles. The monoisotopic (exact) mass is 324 g/mol. The molecule has 0 N–H and O–H groups in total. The lowest BCUT2D eigenvalue weighted by molar-refractivity contribution is -0.191. The third-order valence-corrected chi connectivity index (χ3v) is 4.83. The van der Waals surface area contributed by atoms with E-state index in [1.54, 1.807) is 0 Å². The first-order valence-electron chi connectivity index (χ1n) is 4.77. The molecule has 4 rings (SSSR count). The Morgan fingerprint density at radius 3 is 0.450 bits per heavy atom. The van der Waals surface area contributed by atoms with E-state index in [0.29, 0.717) is 0 Å². The zero-order chi connectivity index (χ0) is 16.0. The normalized spacial score (nSPS) is 49.8. The van der Waals surface area contributed by atoms with Crippen LogP contribution in [0.25, 0.3) is 0 Å². The second-order valence-electron chi connectivity index (χ2n) is 4.99. The second kappa shape index (κ2) is 2.40. The standard InChI is InChI=1S/C8F12/c9-5(10,11)1-2(6(12,13)14)3(1,7(15,16)17)4(1,2)8(18,19)20. The summed E-state index contributed by atoms with van der Waals surface area (Å²) in [5, 5.41) is 0. The molecule has 4 aliphatic rings. The number of halogens is 12. The molecule has 20 heavy (non-hydrogen) atoms. The molecule has 0 heterocycles. The van der Waals surface area contributed by atoms with Crippen LogP contribution in [0.2, 0.25) is 0 Å². The highest BCUT2D eigenvalue weighted by atomic mass is 19.4. The van der Waals surface area contributed by atoms with Crippen molar-refractivity contribution in [3.8, 4) is 0 Å². The average Bonchev–Trinajstić information content (AvgIpc) is 2.93. The molecule has 0 atom stereocenters. The predicted octanol–water partition coefficient (Wildman–Crippen LogP) is 4.22. The summed E-state index contributed by atoms with van der Waals surface area (Å²) < 4.78 is 150. The van der Waals surface area contributed by atoms with Crippen molar-refractivity contribution in [2.24, 2.45) is 21.7 Å². The van der Waals surface area contributed by atoms with E-state index in [4.69, 9.17) is 0 Å². The molecule has 0 amide bonds. The Morgan fingerprint density at radius 2 is 0.400 bits per heavy atom. The number of rotatable bonds is 0. The van der Waals surface area contributed by atoms with E-state index in [0.717, 1.165) is 0 Å². The third-order valence-electron chi connectivity index (χ3n) is 4.83. The Bertz CT molecular complexity index is 383. The first-order valence-corrected chi connectivity index (χ1v) is 4.77. The Balaban J connectivity index is 2.26. The molecule has 0 radical (unpaired) electrons. The number of hydrogen-bond donors (Lipinski definition) is 0. The molecule has 0 nitrogen and oxygen atoms in total. The molecule has 12 heteroatoms. The van der Waals surface area contributed by atoms with Crippen molar-refractivity contribution in [1.82, 2.24) is 0 Å². The predicted molar refractivity (Wildman–Crippen MR) is 34.0 cm³/mol. The summed E-state index contributed by atoms with van der Waals surface area (Å²) in [5.74, 6) is 0. The third kappa shape index (κ3) is 0.680. The summed E-state index contributed by atoms with van der Waals surface area (Å²) >= 11 is 0. The summed E-state index contributed by atoms with van der Waals surface area (Å²) in [6.45, 7) is 0. The lowest BCUT2D eigenvalue weighted by atomic mass is 10.3. The maximum absolute atomic E-state index is 12.5. The van der Waals surface area contributed by atoms with Gasteiger partial charge in [-0.25, -0.2) is 0 Å². The van der Waals surface area contributed by atoms with Crippen LogP contribution in [0.5, 0.6) is 0 Å². The summed E-state index contributed by atoms with van der Waals surface area (Å²) in [7, 11) is 0. The summed E-state index contributed by atoms with van der Waals surface area (Å²) in [6, 6.07) is 0. The molecule has 116 valence electrons. The number of alkyl halides is 12. The molecule has 0 spiro atoms. The topological polar surface area (TPSA) is 0 Å². The van der Waals surface area contributed by atoms with Crippen LogP contribution in [0.15, 0.2) is 0 Å². The van der Waals surface area contributed by atoms with Gasteiger partial charge in [-0.3, -0.25) is 0 Å². The van der Waals surface area contributed by atoms with E-state index in [1.807, 2.05) is 0 Å². The second-order valence-corrected chi connectivity index (χ2v) is 4.99. The largest absolute Gasteiger partial charge is 0.397 e. The van der Waals surface area contributed by atoms with Crippen molar-refractivity contribution in [3.05, 3.63) is 0 Å². The molecule has 0 aliphatic heterocycles. The maximum atomic E-state index is 12.5. The quantitative estimate of drug-likeness (QED) is 0.585. The van der Waals surface area contributed by atoms with E-state index in [2.05, 4.69) is 0 Å². The van der Waals surface area contributed by atoms with Crippen LogP contribution < -0.4 is 0 Å². The summed E-state index contributed by atoms with van der Waals surface area (Å²) in [6.07, 6.45) is -25.0. The number of hydrogen-bond acceptors (Lipinski definition) is 0. The van der Waals surface area contributed by atoms with Crippen molar-refractivity contribution in [3.63, 3.8) is 0 Å². The molecular formula is C8F12. The van der Waals surface area contributed by atoms with E-state index in [1.165, 1.54) is 0 Å². The van der Waals surface area contributed by atoms with Gasteiger partial charge in [0.15, 0.2) is 0 Å². The van der Waals surface area contributed by atoms with Gasteiger partial charge in [-0.15, -0.1) is 0 Å². The van der Waals surface area contributed by atoms with Gasteiger partial charge in [0.05, 0.1) is 0 Å². The van der Waals surface area contributed by atoms with Crippen LogP contribution in [0, 0.1) is 21.7 Å². The molecule has 4 aliphatic carbocycles. The van der Waals surface area contributed by atoms with E-state index < -0.39 is 46.4 Å². The van der Waals surface area contributed by atoms with Gasteiger partial charge >= 0.3 is 24.7 Å². The molecule has 4 fully saturated rings. The molecule has 0 aromatic rings. The van der Waals surface area contributed by atoms with Crippen molar-refractivity contribution in [2.45, 2.75) is 24.7 Å². The van der Waals surface area contributed by atoms with Gasteiger partial charge in [0.2, 0.25) is 0 Å². The summed E-state index contributed by atoms with van der Waals surface area (Å²) in [4.78, 5) is 0. The van der Waals surface area contributed by atoms with Gasteiger partial charge in [0.1, 0.15) is 21.7 Å². The Kier molecular flexibility index (Phi) is 1.70. The van der Waals surface area contributed by atoms with Gasteiger partial charge in [-0.05, 0) is 0 Å². The zero-order valence-electron chi connectivity index (χ0n) is 8.54. The van der Waals surface area contributed by atoms with Crippen LogP contribution in [0.3, 0.4) is 0 Å². The van der Waals surface area contributed by atoms with E-state index in [-0.39, 0.29) is 0 Å². The first-order chi connectivity index (χ1) is 8.50. The molecule has 0 saturated heterocycles. The highest BCUT2D eigenvalue weighted by molar-refractivity contribution is 5.84. The van der Waals surface area contributed by atoms with Crippen molar-refractivity contribution in [2.75, 3.05) is 0 Å². The fourth-order valence-electron chi connectivity index (χ4n) is 4.61. The molecule has 0 bridgehead atoms. The maximum Gasteiger partial charge on any atom is 0.397 e. The Labute approximate surface area is 100 Å². The lowest BCUT2D eigenvalue weighted by Crippen LogP contribution is -2.19. The van der Waals surface area contributed by atoms with Crippen molar-refractivity contribution in [1.29, 1.82) is 0 Å². The summed E-state index contributed by atoms with van der Waals surface area (Å²) in [5.41, 5.74) is -19.2. The van der Waals surface area contributed by atoms with Crippen LogP contribution in [-0.2, 0) is 0 Å². The zero-order valence-corrected chi connectivity index (χ0v) is 8.54. The molecule has 0 unspecified atom stereocenters. The molecule has 4 saturated carbocycles. The molecule has 0 aromatic heterocycles. The minimum Gasteiger partial charge on any atom is -0.170 e. The first kappa shape index (κ1) is 14.1. The van der Waals surface area contributed by atoms with Crippen LogP contribution >= 0.6 is 0 Å².